The molecule has 1 fully saturated rings. The van der Waals surface area contributed by atoms with Gasteiger partial charge >= 0.3 is 12.1 Å². The number of halogens is 1. The van der Waals surface area contributed by atoms with Crippen LogP contribution in [0.4, 0.5) is 20.6 Å². The second kappa shape index (κ2) is 5.86. The van der Waals surface area contributed by atoms with E-state index in [0.29, 0.717) is 29.8 Å². The summed E-state index contributed by atoms with van der Waals surface area (Å²) in [6, 6.07) is 3.18. The van der Waals surface area contributed by atoms with Crippen molar-refractivity contribution in [3.63, 3.8) is 0 Å². The molecule has 3 rings (SSSR count). The maximum Gasteiger partial charge on any atom is 0.415 e. The van der Waals surface area contributed by atoms with Crippen molar-refractivity contribution in [1.29, 1.82) is 0 Å². The molecule has 0 aromatic heterocycles. The normalized spacial score (nSPS) is 19.9. The van der Waals surface area contributed by atoms with E-state index in [4.69, 9.17) is 4.74 Å². The number of fused-ring (bicyclic) bond motifs is 1. The van der Waals surface area contributed by atoms with Gasteiger partial charge in [-0.05, 0) is 24.1 Å². The van der Waals surface area contributed by atoms with Crippen LogP contribution in [0.1, 0.15) is 17.5 Å². The number of cyclic esters (lactones) is 1. The number of hydrogen-bond acceptors (Lipinski definition) is 5. The number of nitrogens with zero attached hydrogens (tertiary/aromatic N) is 1. The number of amides is 2. The molecule has 122 valence electrons. The van der Waals surface area contributed by atoms with Crippen LogP contribution in [0.15, 0.2) is 12.1 Å². The van der Waals surface area contributed by atoms with Crippen LogP contribution in [-0.4, -0.2) is 37.7 Å². The Balaban J connectivity index is 1.93. The zero-order chi connectivity index (χ0) is 16.6. The molecule has 1 unspecified atom stereocenters. The predicted molar refractivity (Wildman–Crippen MR) is 77.8 cm³/mol. The van der Waals surface area contributed by atoms with Crippen LogP contribution in [0.5, 0.6) is 0 Å². The standard InChI is InChI=1S/C15H15FN2O5/c1-22-14(20)11-7-18(15(21)23-11)10-4-8-2-3-12(19)17-13(8)9(5-10)6-16/h4-5,11H,2-3,6-7H2,1H3,(H,17,19). The van der Waals surface area contributed by atoms with Crippen LogP contribution in [0.3, 0.4) is 0 Å². The molecule has 1 atom stereocenters. The molecule has 0 saturated carbocycles. The largest absolute Gasteiger partial charge is 0.466 e. The molecular formula is C15H15FN2O5. The SMILES string of the molecule is COC(=O)C1CN(c2cc(CF)c3c(c2)CCC(=O)N3)C(=O)O1. The molecule has 8 heteroatoms. The molecule has 1 aromatic carbocycles. The number of nitrogens with one attached hydrogen (secondary N) is 1. The Morgan fingerprint density at radius 3 is 2.91 bits per heavy atom. The molecule has 2 aliphatic heterocycles. The molecular weight excluding hydrogens is 307 g/mol. The Bertz CT molecular complexity index is 673. The monoisotopic (exact) mass is 322 g/mol. The lowest BCUT2D eigenvalue weighted by Gasteiger charge is -2.23. The van der Waals surface area contributed by atoms with Gasteiger partial charge < -0.3 is 14.8 Å². The van der Waals surface area contributed by atoms with Crippen LogP contribution in [0.2, 0.25) is 0 Å². The third kappa shape index (κ3) is 2.71. The Labute approximate surface area is 131 Å². The lowest BCUT2D eigenvalue weighted by Crippen LogP contribution is -2.29. The van der Waals surface area contributed by atoms with Gasteiger partial charge in [0.05, 0.1) is 13.7 Å². The highest BCUT2D eigenvalue weighted by Crippen LogP contribution is 2.34. The van der Waals surface area contributed by atoms with E-state index in [2.05, 4.69) is 10.1 Å². The molecule has 0 bridgehead atoms. The minimum atomic E-state index is -1.00. The molecule has 0 spiro atoms. The zero-order valence-electron chi connectivity index (χ0n) is 12.4. The highest BCUT2D eigenvalue weighted by atomic mass is 19.1. The quantitative estimate of drug-likeness (QED) is 0.853. The van der Waals surface area contributed by atoms with Crippen LogP contribution >= 0.6 is 0 Å². The minimum Gasteiger partial charge on any atom is -0.466 e. The van der Waals surface area contributed by atoms with Crippen molar-refractivity contribution in [3.8, 4) is 0 Å². The number of aryl methyl sites for hydroxylation is 1. The fourth-order valence-electron chi connectivity index (χ4n) is 2.75. The summed E-state index contributed by atoms with van der Waals surface area (Å²) in [5.74, 6) is -0.803. The summed E-state index contributed by atoms with van der Waals surface area (Å²) in [7, 11) is 1.21. The van der Waals surface area contributed by atoms with E-state index in [0.717, 1.165) is 5.56 Å². The highest BCUT2D eigenvalue weighted by molar-refractivity contribution is 5.98. The summed E-state index contributed by atoms with van der Waals surface area (Å²) in [6.45, 7) is -0.776. The van der Waals surface area contributed by atoms with E-state index in [-0.39, 0.29) is 12.5 Å². The fraction of sp³-hybridized carbons (Fsp3) is 0.400. The van der Waals surface area contributed by atoms with Gasteiger partial charge in [0.15, 0.2) is 0 Å². The zero-order valence-corrected chi connectivity index (χ0v) is 12.4. The first-order valence-electron chi connectivity index (χ1n) is 7.11. The number of esters is 1. The number of hydrogen-bond donors (Lipinski definition) is 1. The minimum absolute atomic E-state index is 0.00236. The summed E-state index contributed by atoms with van der Waals surface area (Å²) in [4.78, 5) is 36.2. The van der Waals surface area contributed by atoms with Crippen molar-refractivity contribution >= 4 is 29.3 Å². The van der Waals surface area contributed by atoms with Crippen LogP contribution < -0.4 is 10.2 Å². The topological polar surface area (TPSA) is 84.9 Å². The number of anilines is 2. The van der Waals surface area contributed by atoms with E-state index in [1.807, 2.05) is 0 Å². The molecule has 0 aliphatic carbocycles. The molecule has 2 aliphatic rings. The molecule has 7 nitrogen and oxygen atoms in total. The first-order chi connectivity index (χ1) is 11.0. The lowest BCUT2D eigenvalue weighted by atomic mass is 9.98. The van der Waals surface area contributed by atoms with Gasteiger partial charge in [0, 0.05) is 23.4 Å². The van der Waals surface area contributed by atoms with Gasteiger partial charge in [-0.25, -0.2) is 14.0 Å². The second-order valence-corrected chi connectivity index (χ2v) is 5.33. The van der Waals surface area contributed by atoms with Crippen molar-refractivity contribution in [3.05, 3.63) is 23.3 Å². The Kier molecular flexibility index (Phi) is 3.89. The lowest BCUT2D eigenvalue weighted by molar-refractivity contribution is -0.148. The molecule has 1 saturated heterocycles. The molecule has 1 aromatic rings. The third-order valence-corrected chi connectivity index (χ3v) is 3.90. The third-order valence-electron chi connectivity index (χ3n) is 3.90. The van der Waals surface area contributed by atoms with Gasteiger partial charge in [0.25, 0.3) is 0 Å². The van der Waals surface area contributed by atoms with Crippen molar-refractivity contribution < 1.29 is 28.2 Å². The molecule has 23 heavy (non-hydrogen) atoms. The molecule has 2 heterocycles. The smallest absolute Gasteiger partial charge is 0.415 e. The van der Waals surface area contributed by atoms with E-state index in [1.165, 1.54) is 18.1 Å². The van der Waals surface area contributed by atoms with Crippen molar-refractivity contribution in [2.45, 2.75) is 25.6 Å². The number of ether oxygens (including phenoxy) is 2. The van der Waals surface area contributed by atoms with Gasteiger partial charge in [-0.15, -0.1) is 0 Å². The first-order valence-corrected chi connectivity index (χ1v) is 7.11. The summed E-state index contributed by atoms with van der Waals surface area (Å²) in [6.07, 6.45) is -0.926. The number of rotatable bonds is 3. The van der Waals surface area contributed by atoms with Crippen LogP contribution in [0.25, 0.3) is 0 Å². The van der Waals surface area contributed by atoms with Gasteiger partial charge in [-0.2, -0.15) is 0 Å². The number of carbonyl (C=O) groups is 3. The van der Waals surface area contributed by atoms with E-state index in [9.17, 15) is 18.8 Å². The van der Waals surface area contributed by atoms with E-state index in [1.54, 1.807) is 6.07 Å². The number of benzene rings is 1. The Morgan fingerprint density at radius 2 is 2.22 bits per heavy atom. The van der Waals surface area contributed by atoms with Crippen LogP contribution in [-0.2, 0) is 32.2 Å². The van der Waals surface area contributed by atoms with Crippen LogP contribution in [0, 0.1) is 0 Å². The van der Waals surface area contributed by atoms with Gasteiger partial charge in [0.1, 0.15) is 6.67 Å². The van der Waals surface area contributed by atoms with Crippen molar-refractivity contribution in [2.75, 3.05) is 23.9 Å². The fourth-order valence-corrected chi connectivity index (χ4v) is 2.75. The van der Waals surface area contributed by atoms with Crippen molar-refractivity contribution in [1.82, 2.24) is 0 Å². The second-order valence-electron chi connectivity index (χ2n) is 5.33. The maximum atomic E-state index is 13.3. The van der Waals surface area contributed by atoms with Gasteiger partial charge in [-0.1, -0.05) is 0 Å². The summed E-state index contributed by atoms with van der Waals surface area (Å²) in [5.41, 5.74) is 1.94. The van der Waals surface area contributed by atoms with Gasteiger partial charge in [-0.3, -0.25) is 9.69 Å². The average Bonchev–Trinajstić information content (AvgIpc) is 2.95. The Hall–Kier alpha value is -2.64. The summed E-state index contributed by atoms with van der Waals surface area (Å²) >= 11 is 0. The highest BCUT2D eigenvalue weighted by Gasteiger charge is 2.38. The number of carbonyl (C=O) groups excluding carboxylic acids is 3. The first kappa shape index (κ1) is 15.3. The predicted octanol–water partition coefficient (Wildman–Crippen LogP) is 1.54. The molecule has 1 N–H and O–H groups in total. The van der Waals surface area contributed by atoms with Gasteiger partial charge in [0.2, 0.25) is 12.0 Å². The molecule has 0 radical (unpaired) electrons. The summed E-state index contributed by atoms with van der Waals surface area (Å²) in [5, 5.41) is 2.66. The number of alkyl halides is 1. The van der Waals surface area contributed by atoms with Crippen molar-refractivity contribution in [2.24, 2.45) is 0 Å². The number of methoxy groups -OCH3 is 1. The summed E-state index contributed by atoms with van der Waals surface area (Å²) < 4.78 is 22.8. The molecule has 2 amide bonds. The maximum absolute atomic E-state index is 13.3. The van der Waals surface area contributed by atoms with E-state index < -0.39 is 24.8 Å². The van der Waals surface area contributed by atoms with E-state index >= 15 is 0 Å². The average molecular weight is 322 g/mol. The Morgan fingerprint density at radius 1 is 1.43 bits per heavy atom.